The van der Waals surface area contributed by atoms with Gasteiger partial charge in [-0.05, 0) is 51.1 Å². The first kappa shape index (κ1) is 15.5. The van der Waals surface area contributed by atoms with Crippen LogP contribution in [0.15, 0.2) is 84.9 Å². The van der Waals surface area contributed by atoms with E-state index >= 15 is 0 Å². The van der Waals surface area contributed by atoms with Crippen molar-refractivity contribution in [3.8, 4) is 22.3 Å². The van der Waals surface area contributed by atoms with Crippen molar-refractivity contribution in [3.63, 3.8) is 0 Å². The van der Waals surface area contributed by atoms with E-state index in [1.54, 1.807) is 0 Å². The summed E-state index contributed by atoms with van der Waals surface area (Å²) in [6, 6.07) is 30.0. The molecule has 0 nitrogen and oxygen atoms in total. The average Bonchev–Trinajstić information content (AvgIpc) is 3.15. The summed E-state index contributed by atoms with van der Waals surface area (Å²) in [5.41, 5.74) is 9.56. The van der Waals surface area contributed by atoms with Gasteiger partial charge in [0, 0.05) is 10.6 Å². The Morgan fingerprint density at radius 2 is 1.00 bits per heavy atom. The van der Waals surface area contributed by atoms with Crippen molar-refractivity contribution >= 4 is 23.2 Å². The highest BCUT2D eigenvalue weighted by Gasteiger charge is 2.52. The number of halogens is 2. The van der Waals surface area contributed by atoms with Crippen LogP contribution in [-0.2, 0) is 5.41 Å². The second-order valence-electron chi connectivity index (χ2n) is 7.20. The smallest absolute Gasteiger partial charge is 0.0726 e. The normalized spacial score (nSPS) is 14.6. The van der Waals surface area contributed by atoms with Gasteiger partial charge >= 0.3 is 0 Å². The van der Waals surface area contributed by atoms with Gasteiger partial charge in [-0.15, -0.1) is 0 Å². The lowest BCUT2D eigenvalue weighted by Crippen LogP contribution is -2.25. The van der Waals surface area contributed by atoms with Crippen molar-refractivity contribution in [2.45, 2.75) is 5.41 Å². The molecule has 4 aromatic rings. The van der Waals surface area contributed by atoms with E-state index in [1.807, 2.05) is 6.07 Å². The standard InChI is InChI=1S/C25H14Cl2/c26-15-13-22-24(23(27)14-15)18-9-3-6-12-21(18)25(22)19-10-4-1-7-16(19)17-8-2-5-11-20(17)25/h1-14H. The van der Waals surface area contributed by atoms with E-state index in [2.05, 4.69) is 78.9 Å². The molecule has 0 aliphatic heterocycles. The third-order valence-corrected chi connectivity index (χ3v) is 6.53. The predicted octanol–water partition coefficient (Wildman–Crippen LogP) is 7.34. The molecule has 0 saturated heterocycles. The van der Waals surface area contributed by atoms with Crippen LogP contribution in [0.3, 0.4) is 0 Å². The van der Waals surface area contributed by atoms with Crippen LogP contribution < -0.4 is 0 Å². The molecule has 0 saturated carbocycles. The number of fused-ring (bicyclic) bond motifs is 10. The van der Waals surface area contributed by atoms with Crippen molar-refractivity contribution in [2.24, 2.45) is 0 Å². The first-order valence-electron chi connectivity index (χ1n) is 9.01. The SMILES string of the molecule is Clc1cc(Cl)c2c(c1)C1(c3ccccc3-c3ccccc31)c1ccccc1-2. The molecule has 6 rings (SSSR count). The largest absolute Gasteiger partial charge is 0.0843 e. The van der Waals surface area contributed by atoms with Gasteiger partial charge in [0.1, 0.15) is 0 Å². The summed E-state index contributed by atoms with van der Waals surface area (Å²) in [4.78, 5) is 0. The van der Waals surface area contributed by atoms with Crippen LogP contribution in [0.4, 0.5) is 0 Å². The second-order valence-corrected chi connectivity index (χ2v) is 8.04. The van der Waals surface area contributed by atoms with E-state index < -0.39 is 0 Å². The molecule has 0 amide bonds. The zero-order chi connectivity index (χ0) is 18.2. The molecule has 0 bridgehead atoms. The highest BCUT2D eigenvalue weighted by Crippen LogP contribution is 2.63. The molecule has 0 aromatic heterocycles. The highest BCUT2D eigenvalue weighted by atomic mass is 35.5. The minimum Gasteiger partial charge on any atom is -0.0843 e. The first-order valence-corrected chi connectivity index (χ1v) is 9.77. The lowest BCUT2D eigenvalue weighted by atomic mass is 9.70. The molecule has 27 heavy (non-hydrogen) atoms. The molecule has 0 N–H and O–H groups in total. The monoisotopic (exact) mass is 384 g/mol. The van der Waals surface area contributed by atoms with Crippen molar-refractivity contribution in [3.05, 3.63) is 117 Å². The second kappa shape index (κ2) is 5.25. The van der Waals surface area contributed by atoms with Gasteiger partial charge in [-0.2, -0.15) is 0 Å². The molecule has 1 spiro atoms. The predicted molar refractivity (Wildman–Crippen MR) is 113 cm³/mol. The summed E-state index contributed by atoms with van der Waals surface area (Å²) < 4.78 is 0. The molecule has 0 fully saturated rings. The minimum atomic E-state index is -0.367. The van der Waals surface area contributed by atoms with E-state index in [4.69, 9.17) is 23.2 Å². The number of hydrogen-bond acceptors (Lipinski definition) is 0. The summed E-state index contributed by atoms with van der Waals surface area (Å²) in [7, 11) is 0. The van der Waals surface area contributed by atoms with Gasteiger partial charge in [-0.25, -0.2) is 0 Å². The third-order valence-electron chi connectivity index (χ3n) is 6.01. The zero-order valence-electron chi connectivity index (χ0n) is 14.3. The van der Waals surface area contributed by atoms with Crippen molar-refractivity contribution < 1.29 is 0 Å². The fourth-order valence-electron chi connectivity index (χ4n) is 5.13. The summed E-state index contributed by atoms with van der Waals surface area (Å²) in [5.74, 6) is 0. The number of hydrogen-bond donors (Lipinski definition) is 0. The first-order chi connectivity index (χ1) is 13.2. The Morgan fingerprint density at radius 3 is 1.59 bits per heavy atom. The maximum Gasteiger partial charge on any atom is 0.0726 e. The molecule has 0 unspecified atom stereocenters. The van der Waals surface area contributed by atoms with Crippen LogP contribution >= 0.6 is 23.2 Å². The highest BCUT2D eigenvalue weighted by molar-refractivity contribution is 6.37. The Morgan fingerprint density at radius 1 is 0.519 bits per heavy atom. The van der Waals surface area contributed by atoms with E-state index in [1.165, 1.54) is 38.9 Å². The van der Waals surface area contributed by atoms with Crippen LogP contribution in [-0.4, -0.2) is 0 Å². The Hall–Kier alpha value is -2.54. The fourth-order valence-corrected chi connectivity index (χ4v) is 5.73. The quantitative estimate of drug-likeness (QED) is 0.257. The molecule has 4 aromatic carbocycles. The Bertz CT molecular complexity index is 1210. The Kier molecular flexibility index (Phi) is 3.02. The lowest BCUT2D eigenvalue weighted by Gasteiger charge is -2.30. The van der Waals surface area contributed by atoms with E-state index in [0.717, 1.165) is 5.56 Å². The van der Waals surface area contributed by atoms with E-state index in [0.29, 0.717) is 10.0 Å². The third kappa shape index (κ3) is 1.76. The van der Waals surface area contributed by atoms with Gasteiger partial charge in [0.15, 0.2) is 0 Å². The molecule has 0 radical (unpaired) electrons. The van der Waals surface area contributed by atoms with Gasteiger partial charge < -0.3 is 0 Å². The Labute approximate surface area is 168 Å². The summed E-state index contributed by atoms with van der Waals surface area (Å²) in [6.45, 7) is 0. The average molecular weight is 385 g/mol. The van der Waals surface area contributed by atoms with Gasteiger partial charge in [-0.1, -0.05) is 96.0 Å². The Balaban J connectivity index is 1.89. The molecule has 2 aliphatic rings. The van der Waals surface area contributed by atoms with Gasteiger partial charge in [-0.3, -0.25) is 0 Å². The van der Waals surface area contributed by atoms with Gasteiger partial charge in [0.25, 0.3) is 0 Å². The number of rotatable bonds is 0. The summed E-state index contributed by atoms with van der Waals surface area (Å²) in [5, 5.41) is 1.39. The summed E-state index contributed by atoms with van der Waals surface area (Å²) in [6.07, 6.45) is 0. The van der Waals surface area contributed by atoms with Crippen LogP contribution in [0.1, 0.15) is 22.3 Å². The molecule has 128 valence electrons. The van der Waals surface area contributed by atoms with Crippen molar-refractivity contribution in [2.75, 3.05) is 0 Å². The van der Waals surface area contributed by atoms with Gasteiger partial charge in [0.05, 0.1) is 10.4 Å². The summed E-state index contributed by atoms with van der Waals surface area (Å²) >= 11 is 13.2. The topological polar surface area (TPSA) is 0 Å². The van der Waals surface area contributed by atoms with E-state index in [9.17, 15) is 0 Å². The maximum absolute atomic E-state index is 6.73. The molecular weight excluding hydrogens is 371 g/mol. The maximum atomic E-state index is 6.73. The van der Waals surface area contributed by atoms with Crippen LogP contribution in [0.25, 0.3) is 22.3 Å². The van der Waals surface area contributed by atoms with Gasteiger partial charge in [0.2, 0.25) is 0 Å². The molecule has 0 atom stereocenters. The zero-order valence-corrected chi connectivity index (χ0v) is 15.9. The van der Waals surface area contributed by atoms with Crippen molar-refractivity contribution in [1.82, 2.24) is 0 Å². The van der Waals surface area contributed by atoms with Crippen LogP contribution in [0.5, 0.6) is 0 Å². The molecular formula is C25H14Cl2. The van der Waals surface area contributed by atoms with Crippen molar-refractivity contribution in [1.29, 1.82) is 0 Å². The molecule has 2 aliphatic carbocycles. The fraction of sp³-hybridized carbons (Fsp3) is 0.0400. The lowest BCUT2D eigenvalue weighted by molar-refractivity contribution is 0.794. The molecule has 2 heteroatoms. The van der Waals surface area contributed by atoms with Crippen LogP contribution in [0, 0.1) is 0 Å². The van der Waals surface area contributed by atoms with E-state index in [-0.39, 0.29) is 5.41 Å². The molecule has 0 heterocycles. The van der Waals surface area contributed by atoms with Crippen LogP contribution in [0.2, 0.25) is 10.0 Å². The minimum absolute atomic E-state index is 0.367. The number of benzene rings is 4.